The van der Waals surface area contributed by atoms with Gasteiger partial charge in [0, 0.05) is 19.8 Å². The third-order valence-electron chi connectivity index (χ3n) is 4.33. The number of hydrogen-bond donors (Lipinski definition) is 1. The number of carbonyl (C=O) groups excluding carboxylic acids is 1. The van der Waals surface area contributed by atoms with Crippen LogP contribution in [0.15, 0.2) is 48.5 Å². The average molecular weight is 390 g/mol. The van der Waals surface area contributed by atoms with Crippen molar-refractivity contribution in [2.24, 2.45) is 0 Å². The summed E-state index contributed by atoms with van der Waals surface area (Å²) in [7, 11) is -0.907. The van der Waals surface area contributed by atoms with E-state index in [1.807, 2.05) is 32.0 Å². The predicted molar refractivity (Wildman–Crippen MR) is 110 cm³/mol. The number of benzene rings is 2. The summed E-state index contributed by atoms with van der Waals surface area (Å²) >= 11 is 0. The topological polar surface area (TPSA) is 69.7 Å². The van der Waals surface area contributed by atoms with Crippen LogP contribution in [-0.2, 0) is 27.8 Å². The van der Waals surface area contributed by atoms with Gasteiger partial charge in [0.1, 0.15) is 6.54 Å². The zero-order valence-corrected chi connectivity index (χ0v) is 17.1. The van der Waals surface area contributed by atoms with Gasteiger partial charge >= 0.3 is 10.2 Å². The summed E-state index contributed by atoms with van der Waals surface area (Å²) in [6.45, 7) is 3.75. The second kappa shape index (κ2) is 9.01. The zero-order valence-electron chi connectivity index (χ0n) is 16.3. The Morgan fingerprint density at radius 2 is 1.48 bits per heavy atom. The molecular weight excluding hydrogens is 362 g/mol. The molecule has 0 saturated heterocycles. The lowest BCUT2D eigenvalue weighted by atomic mass is 10.0. The van der Waals surface area contributed by atoms with E-state index in [0.29, 0.717) is 5.69 Å². The maximum absolute atomic E-state index is 12.8. The number of carbonyl (C=O) groups is 1. The number of para-hydroxylation sites is 2. The summed E-state index contributed by atoms with van der Waals surface area (Å²) in [5.74, 6) is -0.375. The molecule has 1 N–H and O–H groups in total. The highest BCUT2D eigenvalue weighted by Crippen LogP contribution is 2.24. The van der Waals surface area contributed by atoms with Crippen molar-refractivity contribution in [3.8, 4) is 0 Å². The molecule has 0 heterocycles. The van der Waals surface area contributed by atoms with Gasteiger partial charge in [0.05, 0.1) is 5.69 Å². The molecule has 27 heavy (non-hydrogen) atoms. The van der Waals surface area contributed by atoms with Crippen LogP contribution >= 0.6 is 0 Å². The van der Waals surface area contributed by atoms with Crippen LogP contribution in [-0.4, -0.2) is 39.3 Å². The van der Waals surface area contributed by atoms with Crippen LogP contribution in [0.25, 0.3) is 0 Å². The van der Waals surface area contributed by atoms with Crippen LogP contribution in [0.4, 0.5) is 11.4 Å². The van der Waals surface area contributed by atoms with Gasteiger partial charge in [-0.3, -0.25) is 4.79 Å². The van der Waals surface area contributed by atoms with Gasteiger partial charge < -0.3 is 5.32 Å². The Morgan fingerprint density at radius 1 is 0.926 bits per heavy atom. The Hall–Kier alpha value is -2.38. The predicted octanol–water partition coefficient (Wildman–Crippen LogP) is 3.06. The summed E-state index contributed by atoms with van der Waals surface area (Å²) in [5, 5.41) is 2.93. The number of rotatable bonds is 8. The van der Waals surface area contributed by atoms with Crippen LogP contribution in [0.1, 0.15) is 25.0 Å². The highest BCUT2D eigenvalue weighted by Gasteiger charge is 2.27. The lowest BCUT2D eigenvalue weighted by Crippen LogP contribution is -2.44. The first-order chi connectivity index (χ1) is 12.8. The minimum atomic E-state index is -3.80. The lowest BCUT2D eigenvalue weighted by molar-refractivity contribution is -0.114. The second-order valence-electron chi connectivity index (χ2n) is 6.34. The first-order valence-electron chi connectivity index (χ1n) is 8.97. The quantitative estimate of drug-likeness (QED) is 0.754. The number of aryl methyl sites for hydroxylation is 2. The van der Waals surface area contributed by atoms with Crippen molar-refractivity contribution in [1.82, 2.24) is 4.31 Å². The van der Waals surface area contributed by atoms with E-state index in [9.17, 15) is 13.2 Å². The first kappa shape index (κ1) is 20.9. The molecule has 0 aromatic heterocycles. The molecule has 0 radical (unpaired) electrons. The molecule has 2 rings (SSSR count). The van der Waals surface area contributed by atoms with Crippen LogP contribution in [0.2, 0.25) is 0 Å². The minimum Gasteiger partial charge on any atom is -0.324 e. The summed E-state index contributed by atoms with van der Waals surface area (Å²) in [5.41, 5.74) is 3.29. The molecule has 146 valence electrons. The molecule has 2 aromatic carbocycles. The number of nitrogens with zero attached hydrogens (tertiary/aromatic N) is 2. The zero-order chi connectivity index (χ0) is 20.0. The van der Waals surface area contributed by atoms with Gasteiger partial charge in [-0.2, -0.15) is 12.7 Å². The number of amides is 1. The largest absolute Gasteiger partial charge is 0.324 e. The van der Waals surface area contributed by atoms with Crippen LogP contribution in [0.3, 0.4) is 0 Å². The molecule has 2 aromatic rings. The fourth-order valence-corrected chi connectivity index (χ4v) is 3.87. The molecule has 0 aliphatic heterocycles. The van der Waals surface area contributed by atoms with Crippen molar-refractivity contribution in [2.45, 2.75) is 26.7 Å². The molecule has 0 fully saturated rings. The Balaban J connectivity index is 2.33. The molecule has 0 saturated carbocycles. The molecule has 0 aliphatic rings. The van der Waals surface area contributed by atoms with Crippen LogP contribution in [0, 0.1) is 0 Å². The molecule has 0 unspecified atom stereocenters. The second-order valence-corrected chi connectivity index (χ2v) is 8.41. The third-order valence-corrected chi connectivity index (χ3v) is 6.15. The van der Waals surface area contributed by atoms with E-state index >= 15 is 0 Å². The summed E-state index contributed by atoms with van der Waals surface area (Å²) in [6, 6.07) is 14.5. The highest BCUT2D eigenvalue weighted by atomic mass is 32.2. The van der Waals surface area contributed by atoms with Crippen molar-refractivity contribution in [2.75, 3.05) is 30.3 Å². The van der Waals surface area contributed by atoms with Gasteiger partial charge in [-0.05, 0) is 36.1 Å². The van der Waals surface area contributed by atoms with E-state index in [1.54, 1.807) is 30.3 Å². The fourth-order valence-electron chi connectivity index (χ4n) is 2.81. The third kappa shape index (κ3) is 4.87. The van der Waals surface area contributed by atoms with Crippen LogP contribution in [0.5, 0.6) is 0 Å². The Kier molecular flexibility index (Phi) is 6.98. The van der Waals surface area contributed by atoms with E-state index in [2.05, 4.69) is 5.32 Å². The highest BCUT2D eigenvalue weighted by molar-refractivity contribution is 7.90. The molecule has 7 heteroatoms. The van der Waals surface area contributed by atoms with Gasteiger partial charge in [-0.1, -0.05) is 50.2 Å². The van der Waals surface area contributed by atoms with Crippen molar-refractivity contribution < 1.29 is 13.2 Å². The summed E-state index contributed by atoms with van der Waals surface area (Å²) in [6.07, 6.45) is 1.56. The first-order valence-corrected chi connectivity index (χ1v) is 10.4. The van der Waals surface area contributed by atoms with Crippen molar-refractivity contribution in [3.63, 3.8) is 0 Å². The fraction of sp³-hybridized carbons (Fsp3) is 0.350. The maximum atomic E-state index is 12.8. The minimum absolute atomic E-state index is 0.300. The number of anilines is 2. The molecule has 0 atom stereocenters. The smallest absolute Gasteiger partial charge is 0.304 e. The standard InChI is InChI=1S/C20H27N3O3S/c1-5-16-11-10-12-17(6-2)20(16)21-19(24)15-23(27(25,26)22(3)4)18-13-8-7-9-14-18/h7-14H,5-6,15H2,1-4H3,(H,21,24). The normalized spacial score (nSPS) is 11.4. The van der Waals surface area contributed by atoms with E-state index in [0.717, 1.165) is 38.3 Å². The van der Waals surface area contributed by atoms with E-state index in [-0.39, 0.29) is 12.5 Å². The molecular formula is C20H27N3O3S. The maximum Gasteiger partial charge on any atom is 0.304 e. The Labute approximate surface area is 162 Å². The average Bonchev–Trinajstić information content (AvgIpc) is 2.66. The summed E-state index contributed by atoms with van der Waals surface area (Å²) in [4.78, 5) is 12.8. The van der Waals surface area contributed by atoms with Crippen molar-refractivity contribution in [3.05, 3.63) is 59.7 Å². The van der Waals surface area contributed by atoms with Gasteiger partial charge in [0.15, 0.2) is 0 Å². The van der Waals surface area contributed by atoms with E-state index < -0.39 is 10.2 Å². The number of nitrogens with one attached hydrogen (secondary N) is 1. The molecule has 6 nitrogen and oxygen atoms in total. The van der Waals surface area contributed by atoms with Crippen LogP contribution < -0.4 is 9.62 Å². The number of hydrogen-bond acceptors (Lipinski definition) is 3. The molecule has 1 amide bonds. The SMILES string of the molecule is CCc1cccc(CC)c1NC(=O)CN(c1ccccc1)S(=O)(=O)N(C)C. The van der Waals surface area contributed by atoms with Crippen molar-refractivity contribution >= 4 is 27.5 Å². The monoisotopic (exact) mass is 389 g/mol. The van der Waals surface area contributed by atoms with E-state index in [4.69, 9.17) is 0 Å². The molecule has 0 bridgehead atoms. The molecule has 0 spiro atoms. The van der Waals surface area contributed by atoms with Gasteiger partial charge in [0.25, 0.3) is 0 Å². The van der Waals surface area contributed by atoms with Crippen molar-refractivity contribution in [1.29, 1.82) is 0 Å². The Morgan fingerprint density at radius 3 is 1.96 bits per heavy atom. The Bertz CT molecular complexity index is 858. The van der Waals surface area contributed by atoms with Gasteiger partial charge in [-0.25, -0.2) is 4.31 Å². The summed E-state index contributed by atoms with van der Waals surface area (Å²) < 4.78 is 27.7. The molecule has 0 aliphatic carbocycles. The van der Waals surface area contributed by atoms with Gasteiger partial charge in [0.2, 0.25) is 5.91 Å². The van der Waals surface area contributed by atoms with E-state index in [1.165, 1.54) is 14.1 Å². The van der Waals surface area contributed by atoms with Gasteiger partial charge in [-0.15, -0.1) is 0 Å². The lowest BCUT2D eigenvalue weighted by Gasteiger charge is -2.27.